The number of carboxylic acids is 1. The molecule has 0 saturated carbocycles. The number of hydrogen-bond acceptors (Lipinski definition) is 5. The van der Waals surface area contributed by atoms with E-state index in [0.29, 0.717) is 5.92 Å². The number of carbonyl (C=O) groups excluding carboxylic acids is 1. The van der Waals surface area contributed by atoms with Crippen molar-refractivity contribution in [2.24, 2.45) is 5.92 Å². The maximum atomic E-state index is 11.8. The quantitative estimate of drug-likeness (QED) is 0.780. The summed E-state index contributed by atoms with van der Waals surface area (Å²) >= 11 is 0. The third kappa shape index (κ3) is 4.97. The molecule has 122 valence electrons. The summed E-state index contributed by atoms with van der Waals surface area (Å²) in [6, 6.07) is 0. The van der Waals surface area contributed by atoms with Crippen LogP contribution in [0.4, 0.5) is 0 Å². The zero-order chi connectivity index (χ0) is 16.3. The van der Waals surface area contributed by atoms with E-state index in [1.54, 1.807) is 5.06 Å². The fourth-order valence-electron chi connectivity index (χ4n) is 3.46. The second-order valence-corrected chi connectivity index (χ2v) is 7.06. The van der Waals surface area contributed by atoms with Crippen LogP contribution < -0.4 is 0 Å². The standard InChI is InChI=1S/C15H27NO5/c1-14(2)9-11(7-8-17)10-15(3,4)16(14)21-13(20)6-5-12(18)19/h11,17H,5-10H2,1-4H3,(H,18,19). The molecule has 1 heterocycles. The number of aliphatic carboxylic acids is 1. The Morgan fingerprint density at radius 3 is 2.10 bits per heavy atom. The summed E-state index contributed by atoms with van der Waals surface area (Å²) in [6.45, 7) is 8.17. The molecule has 1 rings (SSSR count). The van der Waals surface area contributed by atoms with Gasteiger partial charge in [-0.25, -0.2) is 0 Å². The minimum atomic E-state index is -1.01. The number of carboxylic acid groups (broad SMARTS) is 1. The summed E-state index contributed by atoms with van der Waals surface area (Å²) in [4.78, 5) is 27.8. The number of aliphatic hydroxyl groups excluding tert-OH is 1. The van der Waals surface area contributed by atoms with E-state index in [0.717, 1.165) is 19.3 Å². The maximum Gasteiger partial charge on any atom is 0.325 e. The van der Waals surface area contributed by atoms with Crippen molar-refractivity contribution in [2.75, 3.05) is 6.61 Å². The maximum absolute atomic E-state index is 11.8. The summed E-state index contributed by atoms with van der Waals surface area (Å²) in [7, 11) is 0. The average Bonchev–Trinajstić information content (AvgIpc) is 2.30. The lowest BCUT2D eigenvalue weighted by molar-refractivity contribution is -0.272. The molecule has 0 spiro atoms. The highest BCUT2D eigenvalue weighted by Gasteiger charge is 2.47. The molecule has 0 atom stereocenters. The zero-order valence-corrected chi connectivity index (χ0v) is 13.4. The SMILES string of the molecule is CC1(C)CC(CCO)CC(C)(C)N1OC(=O)CCC(=O)O. The van der Waals surface area contributed by atoms with Gasteiger partial charge in [0.1, 0.15) is 0 Å². The van der Waals surface area contributed by atoms with E-state index in [4.69, 9.17) is 15.1 Å². The van der Waals surface area contributed by atoms with Crippen molar-refractivity contribution in [2.45, 2.75) is 70.9 Å². The molecule has 6 nitrogen and oxygen atoms in total. The molecular weight excluding hydrogens is 274 g/mol. The van der Waals surface area contributed by atoms with E-state index in [1.165, 1.54) is 0 Å². The third-order valence-electron chi connectivity index (χ3n) is 3.95. The number of carbonyl (C=O) groups is 2. The first-order valence-electron chi connectivity index (χ1n) is 7.42. The first-order valence-corrected chi connectivity index (χ1v) is 7.42. The van der Waals surface area contributed by atoms with Gasteiger partial charge in [0.2, 0.25) is 0 Å². The number of aliphatic hydroxyl groups is 1. The molecule has 0 radical (unpaired) electrons. The largest absolute Gasteiger partial charge is 0.481 e. The Labute approximate surface area is 126 Å². The molecule has 0 amide bonds. The van der Waals surface area contributed by atoms with Crippen LogP contribution in [0, 0.1) is 5.92 Å². The number of piperidine rings is 1. The van der Waals surface area contributed by atoms with E-state index in [2.05, 4.69) is 0 Å². The van der Waals surface area contributed by atoms with E-state index in [1.807, 2.05) is 27.7 Å². The Morgan fingerprint density at radius 1 is 1.14 bits per heavy atom. The lowest BCUT2D eigenvalue weighted by atomic mass is 9.74. The van der Waals surface area contributed by atoms with Crippen LogP contribution in [0.2, 0.25) is 0 Å². The Hall–Kier alpha value is -1.14. The van der Waals surface area contributed by atoms with E-state index < -0.39 is 11.9 Å². The van der Waals surface area contributed by atoms with Gasteiger partial charge in [-0.3, -0.25) is 9.59 Å². The molecule has 1 aliphatic heterocycles. The van der Waals surface area contributed by atoms with Gasteiger partial charge in [0, 0.05) is 6.61 Å². The molecular formula is C15H27NO5. The van der Waals surface area contributed by atoms with Crippen LogP contribution in [-0.4, -0.2) is 44.9 Å². The van der Waals surface area contributed by atoms with Crippen molar-refractivity contribution < 1.29 is 24.6 Å². The summed E-state index contributed by atoms with van der Waals surface area (Å²) in [5.74, 6) is -1.14. The van der Waals surface area contributed by atoms with Gasteiger partial charge in [-0.15, -0.1) is 5.06 Å². The Morgan fingerprint density at radius 2 is 1.67 bits per heavy atom. The van der Waals surface area contributed by atoms with Crippen molar-refractivity contribution in [3.8, 4) is 0 Å². The smallest absolute Gasteiger partial charge is 0.325 e. The molecule has 2 N–H and O–H groups in total. The molecule has 6 heteroatoms. The van der Waals surface area contributed by atoms with Gasteiger partial charge in [0.05, 0.1) is 23.9 Å². The number of hydroxylamine groups is 2. The number of hydrogen-bond donors (Lipinski definition) is 2. The van der Waals surface area contributed by atoms with Gasteiger partial charge in [0.25, 0.3) is 0 Å². The van der Waals surface area contributed by atoms with Crippen LogP contribution >= 0.6 is 0 Å². The molecule has 0 aromatic rings. The summed E-state index contributed by atoms with van der Waals surface area (Å²) < 4.78 is 0. The van der Waals surface area contributed by atoms with Crippen molar-refractivity contribution in [1.29, 1.82) is 0 Å². The van der Waals surface area contributed by atoms with Crippen molar-refractivity contribution >= 4 is 11.9 Å². The van der Waals surface area contributed by atoms with Gasteiger partial charge in [-0.2, -0.15) is 0 Å². The van der Waals surface area contributed by atoms with E-state index in [9.17, 15) is 9.59 Å². The molecule has 0 aliphatic carbocycles. The summed E-state index contributed by atoms with van der Waals surface area (Å²) in [5, 5.41) is 19.5. The van der Waals surface area contributed by atoms with Gasteiger partial charge >= 0.3 is 11.9 Å². The lowest BCUT2D eigenvalue weighted by Gasteiger charge is -2.53. The summed E-state index contributed by atoms with van der Waals surface area (Å²) in [6.07, 6.45) is 2.04. The Kier molecular flexibility index (Phi) is 5.75. The van der Waals surface area contributed by atoms with Crippen molar-refractivity contribution in [3.63, 3.8) is 0 Å². The van der Waals surface area contributed by atoms with Crippen LogP contribution in [-0.2, 0) is 14.4 Å². The number of nitrogens with zero attached hydrogens (tertiary/aromatic N) is 1. The first kappa shape index (κ1) is 17.9. The van der Waals surface area contributed by atoms with Gasteiger partial charge < -0.3 is 15.1 Å². The fourth-order valence-corrected chi connectivity index (χ4v) is 3.46. The normalized spacial score (nSPS) is 22.0. The second-order valence-electron chi connectivity index (χ2n) is 7.06. The van der Waals surface area contributed by atoms with Gasteiger partial charge in [-0.1, -0.05) is 0 Å². The first-order chi connectivity index (χ1) is 9.58. The van der Waals surface area contributed by atoms with Crippen molar-refractivity contribution in [1.82, 2.24) is 5.06 Å². The Balaban J connectivity index is 2.75. The highest BCUT2D eigenvalue weighted by Crippen LogP contribution is 2.42. The minimum Gasteiger partial charge on any atom is -0.481 e. The minimum absolute atomic E-state index is 0.127. The third-order valence-corrected chi connectivity index (χ3v) is 3.95. The molecule has 0 aromatic carbocycles. The highest BCUT2D eigenvalue weighted by atomic mass is 16.7. The molecule has 1 saturated heterocycles. The topological polar surface area (TPSA) is 87.1 Å². The monoisotopic (exact) mass is 301 g/mol. The van der Waals surface area contributed by atoms with Gasteiger partial charge in [-0.05, 0) is 52.9 Å². The van der Waals surface area contributed by atoms with E-state index in [-0.39, 0.29) is 30.5 Å². The Bertz CT molecular complexity index is 374. The highest BCUT2D eigenvalue weighted by molar-refractivity contribution is 5.76. The van der Waals surface area contributed by atoms with E-state index >= 15 is 0 Å². The second kappa shape index (κ2) is 6.75. The fraction of sp³-hybridized carbons (Fsp3) is 0.867. The molecule has 0 aromatic heterocycles. The predicted molar refractivity (Wildman–Crippen MR) is 77.4 cm³/mol. The van der Waals surface area contributed by atoms with Crippen LogP contribution in [0.5, 0.6) is 0 Å². The lowest BCUT2D eigenvalue weighted by Crippen LogP contribution is -2.61. The molecule has 0 unspecified atom stereocenters. The molecule has 0 bridgehead atoms. The average molecular weight is 301 g/mol. The van der Waals surface area contributed by atoms with Crippen LogP contribution in [0.15, 0.2) is 0 Å². The predicted octanol–water partition coefficient (Wildman–Crippen LogP) is 1.96. The van der Waals surface area contributed by atoms with Crippen LogP contribution in [0.25, 0.3) is 0 Å². The van der Waals surface area contributed by atoms with Gasteiger partial charge in [0.15, 0.2) is 0 Å². The zero-order valence-electron chi connectivity index (χ0n) is 13.4. The molecule has 21 heavy (non-hydrogen) atoms. The summed E-state index contributed by atoms with van der Waals surface area (Å²) in [5.41, 5.74) is -0.694. The van der Waals surface area contributed by atoms with Crippen molar-refractivity contribution in [3.05, 3.63) is 0 Å². The van der Waals surface area contributed by atoms with Crippen LogP contribution in [0.3, 0.4) is 0 Å². The van der Waals surface area contributed by atoms with Crippen LogP contribution in [0.1, 0.15) is 59.8 Å². The molecule has 1 fully saturated rings. The molecule has 1 aliphatic rings. The number of rotatable bonds is 6.